The van der Waals surface area contributed by atoms with Crippen LogP contribution in [0.5, 0.6) is 0 Å². The largest absolute Gasteiger partial charge is 0.310 e. The van der Waals surface area contributed by atoms with Crippen molar-refractivity contribution in [1.82, 2.24) is 5.32 Å². The molecule has 0 heterocycles. The summed E-state index contributed by atoms with van der Waals surface area (Å²) in [7, 11) is 0. The standard InChI is InChI=1S/C13H20ClNS/c1-3-9-15-13(8-10-16-2)11-6-4-5-7-12(11)14/h4-7,13,15H,3,8-10H2,1-2H3. The molecular formula is C13H20ClNS. The van der Waals surface area contributed by atoms with E-state index >= 15 is 0 Å². The van der Waals surface area contributed by atoms with Crippen molar-refractivity contribution >= 4 is 23.4 Å². The molecule has 0 aliphatic carbocycles. The van der Waals surface area contributed by atoms with Gasteiger partial charge in [-0.2, -0.15) is 11.8 Å². The van der Waals surface area contributed by atoms with Crippen LogP contribution in [0.15, 0.2) is 24.3 Å². The van der Waals surface area contributed by atoms with Crippen molar-refractivity contribution in [2.24, 2.45) is 0 Å². The maximum atomic E-state index is 6.23. The molecule has 0 spiro atoms. The summed E-state index contributed by atoms with van der Waals surface area (Å²) in [6.45, 7) is 3.23. The first kappa shape index (κ1) is 13.9. The molecule has 16 heavy (non-hydrogen) atoms. The van der Waals surface area contributed by atoms with Crippen molar-refractivity contribution in [3.63, 3.8) is 0 Å². The lowest BCUT2D eigenvalue weighted by molar-refractivity contribution is 0.522. The van der Waals surface area contributed by atoms with Gasteiger partial charge in [0.2, 0.25) is 0 Å². The van der Waals surface area contributed by atoms with E-state index in [4.69, 9.17) is 11.6 Å². The molecule has 0 bridgehead atoms. The maximum absolute atomic E-state index is 6.23. The van der Waals surface area contributed by atoms with Crippen LogP contribution in [-0.2, 0) is 0 Å². The Bertz CT molecular complexity index is 296. The van der Waals surface area contributed by atoms with Crippen LogP contribution in [0.1, 0.15) is 31.4 Å². The number of rotatable bonds is 7. The average Bonchev–Trinajstić information content (AvgIpc) is 2.31. The van der Waals surface area contributed by atoms with E-state index in [0.717, 1.165) is 30.2 Å². The lowest BCUT2D eigenvalue weighted by Gasteiger charge is -2.19. The molecule has 1 unspecified atom stereocenters. The molecule has 0 aliphatic heterocycles. The summed E-state index contributed by atoms with van der Waals surface area (Å²) < 4.78 is 0. The van der Waals surface area contributed by atoms with Crippen molar-refractivity contribution in [2.75, 3.05) is 18.6 Å². The van der Waals surface area contributed by atoms with Crippen molar-refractivity contribution in [1.29, 1.82) is 0 Å². The van der Waals surface area contributed by atoms with Crippen LogP contribution in [0, 0.1) is 0 Å². The molecular weight excluding hydrogens is 238 g/mol. The fourth-order valence-corrected chi connectivity index (χ4v) is 2.42. The highest BCUT2D eigenvalue weighted by Crippen LogP contribution is 2.25. The smallest absolute Gasteiger partial charge is 0.0453 e. The third-order valence-corrected chi connectivity index (χ3v) is 3.52. The Balaban J connectivity index is 2.70. The molecule has 0 aliphatic rings. The lowest BCUT2D eigenvalue weighted by Crippen LogP contribution is -2.23. The second kappa shape index (κ2) is 7.99. The fourth-order valence-electron chi connectivity index (χ4n) is 1.68. The van der Waals surface area contributed by atoms with E-state index in [1.165, 1.54) is 5.56 Å². The van der Waals surface area contributed by atoms with Gasteiger partial charge in [0.25, 0.3) is 0 Å². The van der Waals surface area contributed by atoms with Gasteiger partial charge >= 0.3 is 0 Å². The number of benzene rings is 1. The fraction of sp³-hybridized carbons (Fsp3) is 0.538. The van der Waals surface area contributed by atoms with Crippen molar-refractivity contribution in [3.05, 3.63) is 34.9 Å². The van der Waals surface area contributed by atoms with E-state index in [2.05, 4.69) is 30.6 Å². The van der Waals surface area contributed by atoms with Crippen LogP contribution in [0.4, 0.5) is 0 Å². The van der Waals surface area contributed by atoms with Crippen LogP contribution in [0.2, 0.25) is 5.02 Å². The zero-order chi connectivity index (χ0) is 11.8. The van der Waals surface area contributed by atoms with Gasteiger partial charge in [-0.25, -0.2) is 0 Å². The molecule has 1 rings (SSSR count). The molecule has 1 N–H and O–H groups in total. The van der Waals surface area contributed by atoms with Gasteiger partial charge in [0.15, 0.2) is 0 Å². The van der Waals surface area contributed by atoms with Gasteiger partial charge in [-0.05, 0) is 43.0 Å². The Kier molecular flexibility index (Phi) is 6.93. The summed E-state index contributed by atoms with van der Waals surface area (Å²) in [5.74, 6) is 1.16. The first-order chi connectivity index (χ1) is 7.79. The highest BCUT2D eigenvalue weighted by Gasteiger charge is 2.12. The summed E-state index contributed by atoms with van der Waals surface area (Å²) in [5, 5.41) is 4.44. The first-order valence-corrected chi connectivity index (χ1v) is 7.53. The van der Waals surface area contributed by atoms with Crippen molar-refractivity contribution in [2.45, 2.75) is 25.8 Å². The zero-order valence-electron chi connectivity index (χ0n) is 10.0. The third-order valence-electron chi connectivity index (χ3n) is 2.53. The van der Waals surface area contributed by atoms with Crippen LogP contribution >= 0.6 is 23.4 Å². The van der Waals surface area contributed by atoms with Crippen LogP contribution < -0.4 is 5.32 Å². The van der Waals surface area contributed by atoms with Crippen LogP contribution in [0.25, 0.3) is 0 Å². The molecule has 0 saturated carbocycles. The Morgan fingerprint density at radius 3 is 2.75 bits per heavy atom. The van der Waals surface area contributed by atoms with Gasteiger partial charge in [-0.1, -0.05) is 36.7 Å². The number of hydrogen-bond donors (Lipinski definition) is 1. The number of nitrogens with one attached hydrogen (secondary N) is 1. The third kappa shape index (κ3) is 4.36. The number of thioether (sulfide) groups is 1. The molecule has 0 saturated heterocycles. The van der Waals surface area contributed by atoms with Crippen molar-refractivity contribution in [3.8, 4) is 0 Å². The molecule has 1 aromatic carbocycles. The number of hydrogen-bond acceptors (Lipinski definition) is 2. The molecule has 0 aromatic heterocycles. The van der Waals surface area contributed by atoms with E-state index in [-0.39, 0.29) is 0 Å². The predicted molar refractivity (Wildman–Crippen MR) is 75.5 cm³/mol. The first-order valence-electron chi connectivity index (χ1n) is 5.76. The second-order valence-electron chi connectivity index (χ2n) is 3.81. The molecule has 0 amide bonds. The summed E-state index contributed by atoms with van der Waals surface area (Å²) in [6.07, 6.45) is 4.43. The Morgan fingerprint density at radius 1 is 1.38 bits per heavy atom. The Labute approximate surface area is 108 Å². The van der Waals surface area contributed by atoms with E-state index in [1.54, 1.807) is 0 Å². The Hall–Kier alpha value is -0.180. The lowest BCUT2D eigenvalue weighted by atomic mass is 10.0. The van der Waals surface area contributed by atoms with E-state index in [9.17, 15) is 0 Å². The van der Waals surface area contributed by atoms with Gasteiger partial charge in [-0.15, -0.1) is 0 Å². The average molecular weight is 258 g/mol. The maximum Gasteiger partial charge on any atom is 0.0453 e. The molecule has 0 radical (unpaired) electrons. The summed E-state index contributed by atoms with van der Waals surface area (Å²) in [5.41, 5.74) is 1.23. The van der Waals surface area contributed by atoms with E-state index in [1.807, 2.05) is 23.9 Å². The predicted octanol–water partition coefficient (Wildman–Crippen LogP) is 4.13. The van der Waals surface area contributed by atoms with Gasteiger partial charge in [0.05, 0.1) is 0 Å². The van der Waals surface area contributed by atoms with Crippen LogP contribution in [0.3, 0.4) is 0 Å². The molecule has 3 heteroatoms. The van der Waals surface area contributed by atoms with Gasteiger partial charge in [0, 0.05) is 11.1 Å². The summed E-state index contributed by atoms with van der Waals surface area (Å²) in [4.78, 5) is 0. The normalized spacial score (nSPS) is 12.7. The van der Waals surface area contributed by atoms with Crippen LogP contribution in [-0.4, -0.2) is 18.6 Å². The highest BCUT2D eigenvalue weighted by atomic mass is 35.5. The van der Waals surface area contributed by atoms with Gasteiger partial charge in [-0.3, -0.25) is 0 Å². The second-order valence-corrected chi connectivity index (χ2v) is 5.20. The zero-order valence-corrected chi connectivity index (χ0v) is 11.6. The molecule has 90 valence electrons. The molecule has 1 nitrogen and oxygen atoms in total. The van der Waals surface area contributed by atoms with Gasteiger partial charge < -0.3 is 5.32 Å². The van der Waals surface area contributed by atoms with Crippen molar-refractivity contribution < 1.29 is 0 Å². The summed E-state index contributed by atoms with van der Waals surface area (Å²) >= 11 is 8.11. The minimum absolute atomic E-state index is 0.390. The molecule has 1 aromatic rings. The minimum atomic E-state index is 0.390. The highest BCUT2D eigenvalue weighted by molar-refractivity contribution is 7.98. The number of halogens is 1. The van der Waals surface area contributed by atoms with E-state index in [0.29, 0.717) is 6.04 Å². The summed E-state index contributed by atoms with van der Waals surface area (Å²) in [6, 6.07) is 8.52. The quantitative estimate of drug-likeness (QED) is 0.788. The Morgan fingerprint density at radius 2 is 2.12 bits per heavy atom. The molecule has 0 fully saturated rings. The molecule has 1 atom stereocenters. The SMILES string of the molecule is CCCNC(CCSC)c1ccccc1Cl. The van der Waals surface area contributed by atoms with Gasteiger partial charge in [0.1, 0.15) is 0 Å². The monoisotopic (exact) mass is 257 g/mol. The van der Waals surface area contributed by atoms with E-state index < -0.39 is 0 Å². The topological polar surface area (TPSA) is 12.0 Å². The minimum Gasteiger partial charge on any atom is -0.310 e.